The van der Waals surface area contributed by atoms with Gasteiger partial charge in [0, 0.05) is 34.5 Å². The van der Waals surface area contributed by atoms with E-state index in [-0.39, 0.29) is 37.2 Å². The molecule has 0 atom stereocenters. The van der Waals surface area contributed by atoms with Gasteiger partial charge in [0.05, 0.1) is 5.69 Å². The SMILES string of the molecule is Cc1cc(C(C)(C)C)c(-c2c(C)nn(-c3[c-]c(Oc4[c-]c5c(cc4)c4ccccc4n5-c4cc(CC(C)C)ccn4)cc(C(C)C)c3)c2C)c(C(C)(C)C)c1.[Pd+2]. The van der Waals surface area contributed by atoms with Crippen LogP contribution in [0.5, 0.6) is 11.5 Å². The third-order valence-electron chi connectivity index (χ3n) is 10.6. The van der Waals surface area contributed by atoms with Crippen molar-refractivity contribution in [2.45, 2.75) is 113 Å². The number of hydrogen-bond acceptors (Lipinski definition) is 3. The van der Waals surface area contributed by atoms with Crippen molar-refractivity contribution in [3.8, 4) is 34.1 Å². The molecular weight excluding hydrogens is 779 g/mol. The quantitative estimate of drug-likeness (QED) is 0.113. The Morgan fingerprint density at radius 3 is 2.05 bits per heavy atom. The first kappa shape index (κ1) is 41.1. The summed E-state index contributed by atoms with van der Waals surface area (Å²) in [5.41, 5.74) is 13.7. The molecule has 3 heterocycles. The molecule has 0 aliphatic heterocycles. The van der Waals surface area contributed by atoms with E-state index < -0.39 is 0 Å². The van der Waals surface area contributed by atoms with Crippen LogP contribution in [0, 0.1) is 38.8 Å². The van der Waals surface area contributed by atoms with Gasteiger partial charge in [-0.15, -0.1) is 41.3 Å². The summed E-state index contributed by atoms with van der Waals surface area (Å²) < 4.78 is 11.0. The van der Waals surface area contributed by atoms with Crippen LogP contribution < -0.4 is 4.74 Å². The molecule has 0 radical (unpaired) electrons. The molecule has 0 amide bonds. The van der Waals surface area contributed by atoms with Crippen LogP contribution in [0.1, 0.15) is 114 Å². The summed E-state index contributed by atoms with van der Waals surface area (Å²) >= 11 is 0. The normalized spacial score (nSPS) is 12.3. The molecule has 0 bridgehead atoms. The number of pyridine rings is 1. The molecule has 4 aromatic carbocycles. The van der Waals surface area contributed by atoms with Crippen molar-refractivity contribution in [2.75, 3.05) is 0 Å². The Hall–Kier alpha value is -4.50. The minimum Gasteiger partial charge on any atom is -0.509 e. The van der Waals surface area contributed by atoms with Crippen LogP contribution in [0.15, 0.2) is 79.0 Å². The number of nitrogens with zero attached hydrogens (tertiary/aromatic N) is 4. The van der Waals surface area contributed by atoms with Crippen LogP contribution >= 0.6 is 0 Å². The van der Waals surface area contributed by atoms with Crippen LogP contribution in [0.3, 0.4) is 0 Å². The van der Waals surface area contributed by atoms with Crippen molar-refractivity contribution in [1.82, 2.24) is 19.3 Å². The third-order valence-corrected chi connectivity index (χ3v) is 10.6. The molecule has 0 N–H and O–H groups in total. The second-order valence-electron chi connectivity index (χ2n) is 18.2. The minimum absolute atomic E-state index is 0. The van der Waals surface area contributed by atoms with Gasteiger partial charge in [-0.25, -0.2) is 4.98 Å². The Kier molecular flexibility index (Phi) is 11.4. The summed E-state index contributed by atoms with van der Waals surface area (Å²) in [5, 5.41) is 7.49. The topological polar surface area (TPSA) is 44.9 Å². The molecule has 292 valence electrons. The Bertz CT molecular complexity index is 2520. The number of aromatic nitrogens is 4. The number of fused-ring (bicyclic) bond motifs is 3. The maximum atomic E-state index is 6.72. The largest absolute Gasteiger partial charge is 2.00 e. The van der Waals surface area contributed by atoms with Crippen LogP contribution in [-0.2, 0) is 37.7 Å². The fourth-order valence-corrected chi connectivity index (χ4v) is 8.00. The third kappa shape index (κ3) is 7.89. The van der Waals surface area contributed by atoms with E-state index in [1.165, 1.54) is 33.4 Å². The summed E-state index contributed by atoms with van der Waals surface area (Å²) in [6, 6.07) is 33.3. The predicted octanol–water partition coefficient (Wildman–Crippen LogP) is 13.3. The molecule has 3 aromatic heterocycles. The minimum atomic E-state index is -0.0523. The molecule has 0 fully saturated rings. The van der Waals surface area contributed by atoms with E-state index in [0.717, 1.165) is 56.7 Å². The molecular formula is C50H56N4OPd. The average molecular weight is 835 g/mol. The maximum Gasteiger partial charge on any atom is 2.00 e. The van der Waals surface area contributed by atoms with E-state index in [4.69, 9.17) is 14.8 Å². The predicted molar refractivity (Wildman–Crippen MR) is 230 cm³/mol. The van der Waals surface area contributed by atoms with Crippen molar-refractivity contribution in [3.05, 3.63) is 130 Å². The van der Waals surface area contributed by atoms with E-state index in [1.54, 1.807) is 0 Å². The average Bonchev–Trinajstić information content (AvgIpc) is 3.59. The van der Waals surface area contributed by atoms with E-state index >= 15 is 0 Å². The zero-order chi connectivity index (χ0) is 39.6. The number of benzene rings is 4. The van der Waals surface area contributed by atoms with E-state index in [2.05, 4.69) is 178 Å². The van der Waals surface area contributed by atoms with Gasteiger partial charge in [0.1, 0.15) is 5.82 Å². The number of aryl methyl sites for hydroxylation is 2. The van der Waals surface area contributed by atoms with E-state index in [9.17, 15) is 0 Å². The van der Waals surface area contributed by atoms with Gasteiger partial charge < -0.3 is 9.30 Å². The van der Waals surface area contributed by atoms with Gasteiger partial charge in [0.25, 0.3) is 0 Å². The number of ether oxygens (including phenoxy) is 1. The smallest absolute Gasteiger partial charge is 0.509 e. The molecule has 7 rings (SSSR count). The molecule has 6 heteroatoms. The van der Waals surface area contributed by atoms with E-state index in [0.29, 0.717) is 17.4 Å². The van der Waals surface area contributed by atoms with Crippen molar-refractivity contribution >= 4 is 21.8 Å². The van der Waals surface area contributed by atoms with Crippen LogP contribution in [0.4, 0.5) is 0 Å². The van der Waals surface area contributed by atoms with Gasteiger partial charge in [-0.2, -0.15) is 11.2 Å². The summed E-state index contributed by atoms with van der Waals surface area (Å²) in [5.74, 6) is 2.95. The van der Waals surface area contributed by atoms with E-state index in [1.807, 2.05) is 12.3 Å². The molecule has 5 nitrogen and oxygen atoms in total. The molecule has 0 aliphatic carbocycles. The molecule has 56 heavy (non-hydrogen) atoms. The van der Waals surface area contributed by atoms with Crippen LogP contribution in [0.2, 0.25) is 0 Å². The Morgan fingerprint density at radius 1 is 0.732 bits per heavy atom. The number of rotatable bonds is 8. The van der Waals surface area contributed by atoms with Crippen LogP contribution in [-0.4, -0.2) is 19.3 Å². The fourth-order valence-electron chi connectivity index (χ4n) is 8.00. The van der Waals surface area contributed by atoms with Crippen LogP contribution in [0.25, 0.3) is 44.4 Å². The molecule has 7 aromatic rings. The summed E-state index contributed by atoms with van der Waals surface area (Å²) in [7, 11) is 0. The molecule has 0 saturated heterocycles. The number of para-hydroxylation sites is 1. The van der Waals surface area contributed by atoms with Crippen molar-refractivity contribution in [3.63, 3.8) is 0 Å². The first-order valence-electron chi connectivity index (χ1n) is 19.8. The first-order valence-corrected chi connectivity index (χ1v) is 19.8. The summed E-state index contributed by atoms with van der Waals surface area (Å²) in [4.78, 5) is 4.85. The molecule has 0 saturated carbocycles. The van der Waals surface area contributed by atoms with Gasteiger partial charge in [0.15, 0.2) is 0 Å². The molecule has 0 aliphatic rings. The zero-order valence-corrected chi connectivity index (χ0v) is 36.9. The summed E-state index contributed by atoms with van der Waals surface area (Å²) in [6.45, 7) is 29.3. The second-order valence-corrected chi connectivity index (χ2v) is 18.2. The van der Waals surface area contributed by atoms with Crippen molar-refractivity contribution in [2.24, 2.45) is 5.92 Å². The first-order chi connectivity index (χ1) is 25.9. The zero-order valence-electron chi connectivity index (χ0n) is 35.4. The standard InChI is InChI=1S/C50H56N4O.Pd/c1-30(2)22-35-20-21-51-46(25-35)53-44-17-15-14-16-40(44)41-19-18-38(29-45(41)53)55-39-27-36(31(3)4)26-37(28-39)54-34(7)47(33(6)52-54)48-42(49(8,9)10)23-32(5)24-43(48)50(11,12)13;/h14-21,23-27,30-31H,22H2,1-13H3;/q-2;+2. The fraction of sp³-hybridized carbons (Fsp3) is 0.360. The Balaban J connectivity index is 0.00000532. The van der Waals surface area contributed by atoms with Gasteiger partial charge in [0.2, 0.25) is 0 Å². The molecule has 0 spiro atoms. The Morgan fingerprint density at radius 2 is 1.41 bits per heavy atom. The Labute approximate surface area is 348 Å². The monoisotopic (exact) mass is 834 g/mol. The number of hydrogen-bond donors (Lipinski definition) is 0. The van der Waals surface area contributed by atoms with Crippen molar-refractivity contribution < 1.29 is 25.2 Å². The van der Waals surface area contributed by atoms with Gasteiger partial charge in [-0.05, 0) is 101 Å². The second kappa shape index (κ2) is 15.4. The maximum absolute atomic E-state index is 6.72. The summed E-state index contributed by atoms with van der Waals surface area (Å²) in [6.07, 6.45) is 2.91. The van der Waals surface area contributed by atoms with Gasteiger partial charge in [-0.1, -0.05) is 111 Å². The van der Waals surface area contributed by atoms with Gasteiger partial charge in [-0.3, -0.25) is 4.68 Å². The van der Waals surface area contributed by atoms with Crippen molar-refractivity contribution in [1.29, 1.82) is 0 Å². The molecule has 0 unspecified atom stereocenters. The van der Waals surface area contributed by atoms with Gasteiger partial charge >= 0.3 is 20.4 Å².